The van der Waals surface area contributed by atoms with Crippen LogP contribution in [0, 0.1) is 6.92 Å². The molecule has 0 saturated heterocycles. The predicted molar refractivity (Wildman–Crippen MR) is 86.2 cm³/mol. The van der Waals surface area contributed by atoms with Crippen molar-refractivity contribution >= 4 is 39.0 Å². The van der Waals surface area contributed by atoms with Crippen LogP contribution in [0.5, 0.6) is 5.75 Å². The van der Waals surface area contributed by atoms with Crippen molar-refractivity contribution in [3.05, 3.63) is 35.2 Å². The fourth-order valence-electron chi connectivity index (χ4n) is 2.04. The summed E-state index contributed by atoms with van der Waals surface area (Å²) in [4.78, 5) is 10.8. The van der Waals surface area contributed by atoms with Gasteiger partial charge in [-0.05, 0) is 25.1 Å². The van der Waals surface area contributed by atoms with Crippen molar-refractivity contribution in [2.45, 2.75) is 6.92 Å². The number of methoxy groups -OCH3 is 1. The normalized spacial score (nSPS) is 10.6. The molecule has 2 aromatic heterocycles. The number of rotatable bonds is 4. The van der Waals surface area contributed by atoms with E-state index in [1.807, 2.05) is 31.2 Å². The van der Waals surface area contributed by atoms with E-state index in [2.05, 4.69) is 26.8 Å². The van der Waals surface area contributed by atoms with E-state index < -0.39 is 0 Å². The number of anilines is 3. The number of hydrazine groups is 1. The molecule has 0 fully saturated rings. The summed E-state index contributed by atoms with van der Waals surface area (Å²) in [6, 6.07) is 9.72. The summed E-state index contributed by atoms with van der Waals surface area (Å²) in [7, 11) is 1.64. The van der Waals surface area contributed by atoms with E-state index in [1.54, 1.807) is 18.4 Å². The number of ether oxygens (including phenoxy) is 1. The Bertz CT molecular complexity index is 786. The van der Waals surface area contributed by atoms with E-state index in [0.717, 1.165) is 21.7 Å². The topological polar surface area (TPSA) is 85.1 Å². The van der Waals surface area contributed by atoms with Crippen LogP contribution < -0.4 is 21.3 Å². The van der Waals surface area contributed by atoms with Crippen LogP contribution in [0.25, 0.3) is 10.2 Å². The van der Waals surface area contributed by atoms with Gasteiger partial charge in [0.25, 0.3) is 0 Å². The molecule has 2 heterocycles. The summed E-state index contributed by atoms with van der Waals surface area (Å²) in [5.41, 5.74) is 3.39. The van der Waals surface area contributed by atoms with E-state index in [4.69, 9.17) is 10.6 Å². The summed E-state index contributed by atoms with van der Waals surface area (Å²) >= 11 is 1.60. The summed E-state index contributed by atoms with van der Waals surface area (Å²) in [5.74, 6) is 7.32. The number of nitrogen functional groups attached to an aromatic ring is 1. The minimum Gasteiger partial charge on any atom is -0.497 e. The van der Waals surface area contributed by atoms with Gasteiger partial charge in [0, 0.05) is 16.6 Å². The second-order valence-corrected chi connectivity index (χ2v) is 5.71. The smallest absolute Gasteiger partial charge is 0.240 e. The average Bonchev–Trinajstić information content (AvgIpc) is 2.88. The number of benzene rings is 1. The maximum atomic E-state index is 5.44. The number of hydrogen-bond acceptors (Lipinski definition) is 7. The fourth-order valence-corrected chi connectivity index (χ4v) is 2.92. The third kappa shape index (κ3) is 2.74. The maximum Gasteiger partial charge on any atom is 0.240 e. The Morgan fingerprint density at radius 2 is 2.10 bits per heavy atom. The Labute approximate surface area is 126 Å². The number of nitrogens with zero attached hydrogens (tertiary/aromatic N) is 2. The number of hydrogen-bond donors (Lipinski definition) is 3. The number of aryl methyl sites for hydroxylation is 1. The van der Waals surface area contributed by atoms with Crippen molar-refractivity contribution in [3.63, 3.8) is 0 Å². The Kier molecular flexibility index (Phi) is 3.59. The molecule has 4 N–H and O–H groups in total. The van der Waals surface area contributed by atoms with Crippen LogP contribution in [0.1, 0.15) is 4.88 Å². The van der Waals surface area contributed by atoms with Crippen LogP contribution in [0.3, 0.4) is 0 Å². The van der Waals surface area contributed by atoms with Gasteiger partial charge in [0.05, 0.1) is 12.5 Å². The zero-order valence-electron chi connectivity index (χ0n) is 11.7. The molecular weight excluding hydrogens is 286 g/mol. The van der Waals surface area contributed by atoms with Gasteiger partial charge in [-0.25, -0.2) is 10.8 Å². The number of fused-ring (bicyclic) bond motifs is 1. The highest BCUT2D eigenvalue weighted by molar-refractivity contribution is 7.18. The lowest BCUT2D eigenvalue weighted by atomic mass is 10.3. The largest absolute Gasteiger partial charge is 0.497 e. The monoisotopic (exact) mass is 301 g/mol. The minimum absolute atomic E-state index is 0.384. The Balaban J connectivity index is 2.05. The first-order chi connectivity index (χ1) is 10.2. The maximum absolute atomic E-state index is 5.44. The van der Waals surface area contributed by atoms with Gasteiger partial charge in [-0.3, -0.25) is 5.43 Å². The highest BCUT2D eigenvalue weighted by atomic mass is 32.1. The second-order valence-electron chi connectivity index (χ2n) is 4.47. The molecular formula is C14H15N5OS. The van der Waals surface area contributed by atoms with Crippen molar-refractivity contribution in [1.29, 1.82) is 0 Å². The Hall–Kier alpha value is -2.38. The predicted octanol–water partition coefficient (Wildman–Crippen LogP) is 3.04. The zero-order chi connectivity index (χ0) is 14.8. The lowest BCUT2D eigenvalue weighted by Crippen LogP contribution is -2.11. The van der Waals surface area contributed by atoms with Gasteiger partial charge < -0.3 is 10.1 Å². The van der Waals surface area contributed by atoms with E-state index in [0.29, 0.717) is 11.8 Å². The highest BCUT2D eigenvalue weighted by Crippen LogP contribution is 2.31. The van der Waals surface area contributed by atoms with Gasteiger partial charge in [-0.2, -0.15) is 4.98 Å². The van der Waals surface area contributed by atoms with Crippen LogP contribution in [0.4, 0.5) is 17.5 Å². The molecule has 0 radical (unpaired) electrons. The third-order valence-corrected chi connectivity index (χ3v) is 3.92. The van der Waals surface area contributed by atoms with E-state index >= 15 is 0 Å². The summed E-state index contributed by atoms with van der Waals surface area (Å²) in [6.07, 6.45) is 0. The summed E-state index contributed by atoms with van der Waals surface area (Å²) < 4.78 is 5.23. The molecule has 3 aromatic rings. The average molecular weight is 301 g/mol. The molecule has 0 aliphatic carbocycles. The van der Waals surface area contributed by atoms with Gasteiger partial charge in [0.2, 0.25) is 5.95 Å². The van der Waals surface area contributed by atoms with Crippen LogP contribution in [-0.2, 0) is 0 Å². The van der Waals surface area contributed by atoms with E-state index in [-0.39, 0.29) is 0 Å². The first-order valence-corrected chi connectivity index (χ1v) is 7.17. The minimum atomic E-state index is 0.384. The van der Waals surface area contributed by atoms with E-state index in [9.17, 15) is 0 Å². The molecule has 0 aliphatic heterocycles. The van der Waals surface area contributed by atoms with Crippen LogP contribution in [0.15, 0.2) is 30.3 Å². The van der Waals surface area contributed by atoms with Crippen LogP contribution >= 0.6 is 11.3 Å². The fraction of sp³-hybridized carbons (Fsp3) is 0.143. The molecule has 7 heteroatoms. The molecule has 0 saturated carbocycles. The van der Waals surface area contributed by atoms with Gasteiger partial charge >= 0.3 is 0 Å². The Morgan fingerprint density at radius 3 is 2.86 bits per heavy atom. The van der Waals surface area contributed by atoms with E-state index in [1.165, 1.54) is 4.88 Å². The number of nitrogens with two attached hydrogens (primary N) is 1. The number of thiophene rings is 1. The number of nitrogens with one attached hydrogen (secondary N) is 2. The SMILES string of the molecule is COc1cccc(Nc2nc(NN)nc3sc(C)cc23)c1. The standard InChI is InChI=1S/C14H15N5OS/c1-8-6-11-12(17-14(19-15)18-13(11)21-8)16-9-4-3-5-10(7-9)20-2/h3-7H,15H2,1-2H3,(H2,16,17,18,19). The van der Waals surface area contributed by atoms with Crippen molar-refractivity contribution in [3.8, 4) is 5.75 Å². The summed E-state index contributed by atoms with van der Waals surface area (Å²) in [5, 5.41) is 4.26. The molecule has 0 unspecified atom stereocenters. The first kappa shape index (κ1) is 13.6. The zero-order valence-corrected chi connectivity index (χ0v) is 12.5. The Morgan fingerprint density at radius 1 is 1.24 bits per heavy atom. The second kappa shape index (κ2) is 5.55. The quantitative estimate of drug-likeness (QED) is 0.507. The van der Waals surface area contributed by atoms with Gasteiger partial charge in [-0.15, -0.1) is 11.3 Å². The van der Waals surface area contributed by atoms with Crippen molar-refractivity contribution in [2.75, 3.05) is 17.9 Å². The lowest BCUT2D eigenvalue weighted by Gasteiger charge is -2.09. The van der Waals surface area contributed by atoms with Crippen molar-refractivity contribution in [2.24, 2.45) is 5.84 Å². The molecule has 0 bridgehead atoms. The van der Waals surface area contributed by atoms with Crippen molar-refractivity contribution in [1.82, 2.24) is 9.97 Å². The van der Waals surface area contributed by atoms with Crippen molar-refractivity contribution < 1.29 is 4.74 Å². The lowest BCUT2D eigenvalue weighted by molar-refractivity contribution is 0.415. The molecule has 3 rings (SSSR count). The van der Waals surface area contributed by atoms with Crippen LogP contribution in [0.2, 0.25) is 0 Å². The molecule has 0 spiro atoms. The first-order valence-electron chi connectivity index (χ1n) is 6.35. The third-order valence-electron chi connectivity index (χ3n) is 2.98. The van der Waals surface area contributed by atoms with Gasteiger partial charge in [0.1, 0.15) is 16.4 Å². The molecule has 0 amide bonds. The summed E-state index contributed by atoms with van der Waals surface area (Å²) in [6.45, 7) is 2.04. The molecule has 21 heavy (non-hydrogen) atoms. The van der Waals surface area contributed by atoms with Crippen LogP contribution in [-0.4, -0.2) is 17.1 Å². The molecule has 108 valence electrons. The van der Waals surface area contributed by atoms with Gasteiger partial charge in [0.15, 0.2) is 0 Å². The molecule has 0 aliphatic rings. The highest BCUT2D eigenvalue weighted by Gasteiger charge is 2.10. The number of aromatic nitrogens is 2. The van der Waals surface area contributed by atoms with Gasteiger partial charge in [-0.1, -0.05) is 6.07 Å². The molecule has 0 atom stereocenters. The molecule has 1 aromatic carbocycles. The molecule has 6 nitrogen and oxygen atoms in total.